The molecular formula is C15H18FNO2. The summed E-state index contributed by atoms with van der Waals surface area (Å²) >= 11 is 0. The molecule has 2 N–H and O–H groups in total. The molecule has 4 heteroatoms. The minimum absolute atomic E-state index is 0.0492. The van der Waals surface area contributed by atoms with E-state index in [0.29, 0.717) is 12.2 Å². The molecule has 102 valence electrons. The summed E-state index contributed by atoms with van der Waals surface area (Å²) in [6.45, 7) is 2.68. The molecule has 0 saturated carbocycles. The van der Waals surface area contributed by atoms with Crippen molar-refractivity contribution in [2.45, 2.75) is 32.0 Å². The Bertz CT molecular complexity index is 493. The quantitative estimate of drug-likeness (QED) is 0.849. The van der Waals surface area contributed by atoms with E-state index in [-0.39, 0.29) is 30.3 Å². The number of hydrogen-bond donors (Lipinski definition) is 1. The van der Waals surface area contributed by atoms with E-state index in [1.54, 1.807) is 12.1 Å². The Kier molecular flexibility index (Phi) is 4.78. The molecule has 1 aliphatic heterocycles. The first-order valence-corrected chi connectivity index (χ1v) is 6.46. The molecule has 2 atom stereocenters. The summed E-state index contributed by atoms with van der Waals surface area (Å²) in [6.07, 6.45) is 2.29. The van der Waals surface area contributed by atoms with Crippen molar-refractivity contribution in [1.29, 1.82) is 0 Å². The van der Waals surface area contributed by atoms with Gasteiger partial charge in [0.15, 0.2) is 11.6 Å². The first kappa shape index (κ1) is 13.9. The Labute approximate surface area is 112 Å². The second-order valence-corrected chi connectivity index (χ2v) is 4.61. The van der Waals surface area contributed by atoms with Gasteiger partial charge in [0.2, 0.25) is 0 Å². The standard InChI is InChI=1S/C15H18FNO2/c1-11-4-6-13(19-11)10-18-15-9-12(3-2-8-17)5-7-14(15)16/h5,7,9,11,13H,4,6,8,10,17H2,1H3. The summed E-state index contributed by atoms with van der Waals surface area (Å²) in [5, 5.41) is 0. The Hall–Kier alpha value is -1.57. The van der Waals surface area contributed by atoms with Crippen LogP contribution in [0.5, 0.6) is 5.75 Å². The van der Waals surface area contributed by atoms with Gasteiger partial charge in [-0.25, -0.2) is 4.39 Å². The molecule has 3 nitrogen and oxygen atoms in total. The van der Waals surface area contributed by atoms with Crippen molar-refractivity contribution in [2.75, 3.05) is 13.2 Å². The summed E-state index contributed by atoms with van der Waals surface area (Å²) in [5.41, 5.74) is 6.00. The zero-order chi connectivity index (χ0) is 13.7. The fourth-order valence-corrected chi connectivity index (χ4v) is 2.04. The average Bonchev–Trinajstić information content (AvgIpc) is 2.82. The Morgan fingerprint density at radius 2 is 2.32 bits per heavy atom. The fraction of sp³-hybridized carbons (Fsp3) is 0.467. The predicted molar refractivity (Wildman–Crippen MR) is 71.4 cm³/mol. The molecule has 0 aromatic heterocycles. The minimum Gasteiger partial charge on any atom is -0.488 e. The van der Waals surface area contributed by atoms with Gasteiger partial charge >= 0.3 is 0 Å². The number of benzene rings is 1. The lowest BCUT2D eigenvalue weighted by atomic mass is 10.2. The molecule has 1 aliphatic rings. The van der Waals surface area contributed by atoms with Crippen LogP contribution in [0.2, 0.25) is 0 Å². The molecule has 2 rings (SSSR count). The van der Waals surface area contributed by atoms with Gasteiger partial charge in [0.1, 0.15) is 6.61 Å². The van der Waals surface area contributed by atoms with Gasteiger partial charge in [0.05, 0.1) is 18.8 Å². The zero-order valence-electron chi connectivity index (χ0n) is 11.0. The summed E-state index contributed by atoms with van der Waals surface area (Å²) in [5.74, 6) is 5.41. The number of halogens is 1. The van der Waals surface area contributed by atoms with Crippen molar-refractivity contribution in [3.05, 3.63) is 29.6 Å². The van der Waals surface area contributed by atoms with Crippen LogP contribution in [0.3, 0.4) is 0 Å². The Balaban J connectivity index is 1.98. The molecule has 0 aliphatic carbocycles. The van der Waals surface area contributed by atoms with E-state index in [4.69, 9.17) is 15.2 Å². The van der Waals surface area contributed by atoms with E-state index in [1.165, 1.54) is 6.07 Å². The molecule has 1 saturated heterocycles. The van der Waals surface area contributed by atoms with Crippen molar-refractivity contribution in [1.82, 2.24) is 0 Å². The zero-order valence-corrected chi connectivity index (χ0v) is 11.0. The smallest absolute Gasteiger partial charge is 0.165 e. The number of hydrogen-bond acceptors (Lipinski definition) is 3. The Morgan fingerprint density at radius 1 is 1.47 bits per heavy atom. The second kappa shape index (κ2) is 6.55. The number of ether oxygens (including phenoxy) is 2. The maximum absolute atomic E-state index is 13.6. The third kappa shape index (κ3) is 3.95. The normalized spacial score (nSPS) is 21.8. The van der Waals surface area contributed by atoms with E-state index < -0.39 is 0 Å². The maximum atomic E-state index is 13.6. The van der Waals surface area contributed by atoms with Gasteiger partial charge in [0, 0.05) is 5.56 Å². The fourth-order valence-electron chi connectivity index (χ4n) is 2.04. The molecule has 2 unspecified atom stereocenters. The number of nitrogens with two attached hydrogens (primary N) is 1. The lowest BCUT2D eigenvalue weighted by Crippen LogP contribution is -2.18. The summed E-state index contributed by atoms with van der Waals surface area (Å²) in [6, 6.07) is 4.56. The van der Waals surface area contributed by atoms with Crippen LogP contribution in [-0.2, 0) is 4.74 Å². The van der Waals surface area contributed by atoms with Crippen LogP contribution in [0, 0.1) is 17.7 Å². The minimum atomic E-state index is -0.385. The van der Waals surface area contributed by atoms with Gasteiger partial charge in [-0.05, 0) is 38.0 Å². The van der Waals surface area contributed by atoms with Crippen LogP contribution in [0.25, 0.3) is 0 Å². The van der Waals surface area contributed by atoms with Crippen LogP contribution in [0.15, 0.2) is 18.2 Å². The molecule has 0 bridgehead atoms. The molecule has 1 heterocycles. The lowest BCUT2D eigenvalue weighted by Gasteiger charge is -2.13. The highest BCUT2D eigenvalue weighted by Gasteiger charge is 2.22. The molecule has 1 aromatic carbocycles. The molecule has 19 heavy (non-hydrogen) atoms. The average molecular weight is 263 g/mol. The molecule has 0 radical (unpaired) electrons. The van der Waals surface area contributed by atoms with Crippen LogP contribution >= 0.6 is 0 Å². The van der Waals surface area contributed by atoms with Crippen molar-refractivity contribution in [2.24, 2.45) is 5.73 Å². The highest BCUT2D eigenvalue weighted by Crippen LogP contribution is 2.22. The third-order valence-corrected chi connectivity index (χ3v) is 3.01. The highest BCUT2D eigenvalue weighted by molar-refractivity contribution is 5.40. The van der Waals surface area contributed by atoms with Gasteiger partial charge in [-0.3, -0.25) is 0 Å². The molecular weight excluding hydrogens is 245 g/mol. The van der Waals surface area contributed by atoms with Crippen LogP contribution in [-0.4, -0.2) is 25.4 Å². The molecule has 0 spiro atoms. The first-order chi connectivity index (χ1) is 9.19. The SMILES string of the molecule is CC1CCC(COc2cc(C#CCN)ccc2F)O1. The monoisotopic (exact) mass is 263 g/mol. The van der Waals surface area contributed by atoms with E-state index in [0.717, 1.165) is 12.8 Å². The van der Waals surface area contributed by atoms with Crippen LogP contribution in [0.4, 0.5) is 4.39 Å². The van der Waals surface area contributed by atoms with E-state index in [2.05, 4.69) is 11.8 Å². The van der Waals surface area contributed by atoms with Crippen molar-refractivity contribution >= 4 is 0 Å². The highest BCUT2D eigenvalue weighted by atomic mass is 19.1. The second-order valence-electron chi connectivity index (χ2n) is 4.61. The van der Waals surface area contributed by atoms with Gasteiger partial charge in [-0.1, -0.05) is 11.8 Å². The molecule has 1 aromatic rings. The van der Waals surface area contributed by atoms with E-state index >= 15 is 0 Å². The van der Waals surface area contributed by atoms with Gasteiger partial charge < -0.3 is 15.2 Å². The largest absolute Gasteiger partial charge is 0.488 e. The summed E-state index contributed by atoms with van der Waals surface area (Å²) < 4.78 is 24.7. The number of rotatable bonds is 3. The van der Waals surface area contributed by atoms with Crippen LogP contribution < -0.4 is 10.5 Å². The van der Waals surface area contributed by atoms with Gasteiger partial charge in [-0.15, -0.1) is 0 Å². The van der Waals surface area contributed by atoms with E-state index in [9.17, 15) is 4.39 Å². The predicted octanol–water partition coefficient (Wildman–Crippen LogP) is 2.08. The van der Waals surface area contributed by atoms with Gasteiger partial charge in [-0.2, -0.15) is 0 Å². The topological polar surface area (TPSA) is 44.5 Å². The third-order valence-electron chi connectivity index (χ3n) is 3.01. The van der Waals surface area contributed by atoms with Gasteiger partial charge in [0.25, 0.3) is 0 Å². The lowest BCUT2D eigenvalue weighted by molar-refractivity contribution is 0.0256. The maximum Gasteiger partial charge on any atom is 0.165 e. The first-order valence-electron chi connectivity index (χ1n) is 6.46. The summed E-state index contributed by atoms with van der Waals surface area (Å²) in [4.78, 5) is 0. The van der Waals surface area contributed by atoms with E-state index in [1.807, 2.05) is 6.92 Å². The van der Waals surface area contributed by atoms with Crippen molar-refractivity contribution in [3.8, 4) is 17.6 Å². The van der Waals surface area contributed by atoms with Crippen LogP contribution in [0.1, 0.15) is 25.3 Å². The van der Waals surface area contributed by atoms with Crippen molar-refractivity contribution in [3.63, 3.8) is 0 Å². The van der Waals surface area contributed by atoms with Crippen molar-refractivity contribution < 1.29 is 13.9 Å². The Morgan fingerprint density at radius 3 is 3.00 bits per heavy atom. The molecule has 0 amide bonds. The molecule has 1 fully saturated rings. The summed E-state index contributed by atoms with van der Waals surface area (Å²) in [7, 11) is 0.